The number of carbonyl (C=O) groups is 2. The van der Waals surface area contributed by atoms with E-state index in [9.17, 15) is 9.59 Å². The van der Waals surface area contributed by atoms with E-state index in [1.54, 1.807) is 18.0 Å². The fourth-order valence-corrected chi connectivity index (χ4v) is 2.13. The number of amides is 2. The lowest BCUT2D eigenvalue weighted by Crippen LogP contribution is -2.48. The van der Waals surface area contributed by atoms with Crippen LogP contribution >= 0.6 is 11.6 Å². The molecular formula is C12H14ClN3O2. The molecule has 0 bridgehead atoms. The molecule has 0 spiro atoms. The summed E-state index contributed by atoms with van der Waals surface area (Å²) in [6.45, 7) is 0.530. The molecule has 96 valence electrons. The van der Waals surface area contributed by atoms with Crippen LogP contribution in [-0.2, 0) is 4.79 Å². The number of hydrogen-bond acceptors (Lipinski definition) is 3. The zero-order valence-electron chi connectivity index (χ0n) is 10.0. The Bertz CT molecular complexity index is 478. The standard InChI is InChI=1S/C12H14ClN3O2/c1-16-7-8(2-3-11(16)17)15-12(18)9-6-14-5-4-10(9)13/h4-6,8H,2-3,7H2,1H3,(H,15,18). The molecule has 1 N–H and O–H groups in total. The van der Waals surface area contributed by atoms with Gasteiger partial charge >= 0.3 is 0 Å². The van der Waals surface area contributed by atoms with Gasteiger partial charge in [0.15, 0.2) is 0 Å². The number of likely N-dealkylation sites (tertiary alicyclic amines) is 1. The third-order valence-corrected chi connectivity index (χ3v) is 3.30. The number of pyridine rings is 1. The Balaban J connectivity index is 2.00. The van der Waals surface area contributed by atoms with Gasteiger partial charge in [0, 0.05) is 38.4 Å². The lowest BCUT2D eigenvalue weighted by Gasteiger charge is -2.30. The fourth-order valence-electron chi connectivity index (χ4n) is 1.94. The summed E-state index contributed by atoms with van der Waals surface area (Å²) in [5, 5.41) is 3.25. The van der Waals surface area contributed by atoms with Crippen LogP contribution in [0.4, 0.5) is 0 Å². The Kier molecular flexibility index (Phi) is 3.81. The second-order valence-corrected chi connectivity index (χ2v) is 4.75. The van der Waals surface area contributed by atoms with E-state index >= 15 is 0 Å². The summed E-state index contributed by atoms with van der Waals surface area (Å²) in [6, 6.07) is 1.55. The van der Waals surface area contributed by atoms with Gasteiger partial charge in [0.2, 0.25) is 5.91 Å². The molecule has 1 saturated heterocycles. The van der Waals surface area contributed by atoms with Crippen LogP contribution in [0.25, 0.3) is 0 Å². The zero-order chi connectivity index (χ0) is 13.1. The molecule has 0 radical (unpaired) electrons. The molecule has 2 heterocycles. The molecule has 6 heteroatoms. The number of piperidine rings is 1. The SMILES string of the molecule is CN1CC(NC(=O)c2cnccc2Cl)CCC1=O. The monoisotopic (exact) mass is 267 g/mol. The molecule has 1 aromatic heterocycles. The molecule has 0 aromatic carbocycles. The van der Waals surface area contributed by atoms with Crippen molar-refractivity contribution in [2.45, 2.75) is 18.9 Å². The highest BCUT2D eigenvalue weighted by Gasteiger charge is 2.24. The average molecular weight is 268 g/mol. The van der Waals surface area contributed by atoms with Gasteiger partial charge in [-0.05, 0) is 12.5 Å². The minimum Gasteiger partial charge on any atom is -0.347 e. The van der Waals surface area contributed by atoms with Gasteiger partial charge in [0.1, 0.15) is 0 Å². The normalized spacial score (nSPS) is 19.8. The van der Waals surface area contributed by atoms with Crippen molar-refractivity contribution < 1.29 is 9.59 Å². The van der Waals surface area contributed by atoms with E-state index in [-0.39, 0.29) is 17.9 Å². The summed E-state index contributed by atoms with van der Waals surface area (Å²) in [6.07, 6.45) is 4.09. The lowest BCUT2D eigenvalue weighted by atomic mass is 10.1. The molecule has 1 fully saturated rings. The van der Waals surface area contributed by atoms with Crippen LogP contribution in [0.5, 0.6) is 0 Å². The largest absolute Gasteiger partial charge is 0.347 e. The molecule has 5 nitrogen and oxygen atoms in total. The van der Waals surface area contributed by atoms with E-state index in [1.807, 2.05) is 0 Å². The maximum absolute atomic E-state index is 12.0. The lowest BCUT2D eigenvalue weighted by molar-refractivity contribution is -0.132. The van der Waals surface area contributed by atoms with Crippen LogP contribution in [0.15, 0.2) is 18.5 Å². The highest BCUT2D eigenvalue weighted by atomic mass is 35.5. The van der Waals surface area contributed by atoms with Crippen LogP contribution < -0.4 is 5.32 Å². The number of carbonyl (C=O) groups excluding carboxylic acids is 2. The van der Waals surface area contributed by atoms with Gasteiger partial charge in [-0.1, -0.05) is 11.6 Å². The third-order valence-electron chi connectivity index (χ3n) is 2.97. The maximum atomic E-state index is 12.0. The molecule has 0 saturated carbocycles. The minimum atomic E-state index is -0.249. The molecule has 2 amide bonds. The smallest absolute Gasteiger partial charge is 0.254 e. The first kappa shape index (κ1) is 12.8. The van der Waals surface area contributed by atoms with Crippen LogP contribution in [0, 0.1) is 0 Å². The summed E-state index contributed by atoms with van der Waals surface area (Å²) in [5.74, 6) is -0.138. The predicted molar refractivity (Wildman–Crippen MR) is 67.4 cm³/mol. The second-order valence-electron chi connectivity index (χ2n) is 4.34. The molecule has 2 rings (SSSR count). The number of hydrogen-bond donors (Lipinski definition) is 1. The summed E-state index contributed by atoms with van der Waals surface area (Å²) >= 11 is 5.92. The molecule has 1 aliphatic heterocycles. The molecule has 0 aliphatic carbocycles. The number of likely N-dealkylation sites (N-methyl/N-ethyl adjacent to an activating group) is 1. The van der Waals surface area contributed by atoms with Gasteiger partial charge in [-0.2, -0.15) is 0 Å². The van der Waals surface area contributed by atoms with Gasteiger partial charge in [0.05, 0.1) is 10.6 Å². The van der Waals surface area contributed by atoms with Crippen LogP contribution in [0.2, 0.25) is 5.02 Å². The Hall–Kier alpha value is -1.62. The van der Waals surface area contributed by atoms with Crippen molar-refractivity contribution in [3.8, 4) is 0 Å². The third kappa shape index (κ3) is 2.79. The van der Waals surface area contributed by atoms with E-state index < -0.39 is 0 Å². The van der Waals surface area contributed by atoms with Crippen LogP contribution in [0.1, 0.15) is 23.2 Å². The number of nitrogens with one attached hydrogen (secondary N) is 1. The van der Waals surface area contributed by atoms with E-state index in [1.165, 1.54) is 12.4 Å². The summed E-state index contributed by atoms with van der Waals surface area (Å²) < 4.78 is 0. The summed E-state index contributed by atoms with van der Waals surface area (Å²) in [4.78, 5) is 28.8. The van der Waals surface area contributed by atoms with E-state index in [0.29, 0.717) is 30.0 Å². The van der Waals surface area contributed by atoms with Crippen LogP contribution in [0.3, 0.4) is 0 Å². The maximum Gasteiger partial charge on any atom is 0.254 e. The number of nitrogens with zero attached hydrogens (tertiary/aromatic N) is 2. The van der Waals surface area contributed by atoms with Crippen molar-refractivity contribution in [2.24, 2.45) is 0 Å². The number of aromatic nitrogens is 1. The topological polar surface area (TPSA) is 62.3 Å². The van der Waals surface area contributed by atoms with Crippen molar-refractivity contribution in [3.63, 3.8) is 0 Å². The molecular weight excluding hydrogens is 254 g/mol. The van der Waals surface area contributed by atoms with Crippen molar-refractivity contribution >= 4 is 23.4 Å². The van der Waals surface area contributed by atoms with Gasteiger partial charge in [-0.15, -0.1) is 0 Å². The predicted octanol–water partition coefficient (Wildman–Crippen LogP) is 1.09. The van der Waals surface area contributed by atoms with Gasteiger partial charge in [-0.3, -0.25) is 14.6 Å². The van der Waals surface area contributed by atoms with E-state index in [0.717, 1.165) is 0 Å². The van der Waals surface area contributed by atoms with Crippen molar-refractivity contribution in [1.82, 2.24) is 15.2 Å². The first-order valence-corrected chi connectivity index (χ1v) is 6.10. The second kappa shape index (κ2) is 5.35. The van der Waals surface area contributed by atoms with E-state index in [2.05, 4.69) is 10.3 Å². The summed E-state index contributed by atoms with van der Waals surface area (Å²) in [7, 11) is 1.73. The number of rotatable bonds is 2. The summed E-state index contributed by atoms with van der Waals surface area (Å²) in [5.41, 5.74) is 0.360. The molecule has 18 heavy (non-hydrogen) atoms. The minimum absolute atomic E-state index is 0.0310. The quantitative estimate of drug-likeness (QED) is 0.872. The number of halogens is 1. The Morgan fingerprint density at radius 1 is 1.61 bits per heavy atom. The Morgan fingerprint density at radius 2 is 2.39 bits per heavy atom. The Labute approximate surface area is 110 Å². The fraction of sp³-hybridized carbons (Fsp3) is 0.417. The first-order valence-electron chi connectivity index (χ1n) is 5.72. The molecule has 1 aromatic rings. The van der Waals surface area contributed by atoms with Gasteiger partial charge < -0.3 is 10.2 Å². The van der Waals surface area contributed by atoms with Crippen molar-refractivity contribution in [2.75, 3.05) is 13.6 Å². The van der Waals surface area contributed by atoms with Gasteiger partial charge in [0.25, 0.3) is 5.91 Å². The average Bonchev–Trinajstić information content (AvgIpc) is 2.34. The molecule has 1 aliphatic rings. The first-order chi connectivity index (χ1) is 8.58. The Morgan fingerprint density at radius 3 is 3.06 bits per heavy atom. The molecule has 1 unspecified atom stereocenters. The van der Waals surface area contributed by atoms with Crippen molar-refractivity contribution in [1.29, 1.82) is 0 Å². The zero-order valence-corrected chi connectivity index (χ0v) is 10.8. The van der Waals surface area contributed by atoms with E-state index in [4.69, 9.17) is 11.6 Å². The highest BCUT2D eigenvalue weighted by Crippen LogP contribution is 2.15. The molecule has 1 atom stereocenters. The van der Waals surface area contributed by atoms with Crippen LogP contribution in [-0.4, -0.2) is 41.3 Å². The van der Waals surface area contributed by atoms with Crippen molar-refractivity contribution in [3.05, 3.63) is 29.0 Å². The highest BCUT2D eigenvalue weighted by molar-refractivity contribution is 6.33. The van der Waals surface area contributed by atoms with Gasteiger partial charge in [-0.25, -0.2) is 0 Å².